The number of aromatic nitrogens is 1. The number of ether oxygens (including phenoxy) is 1. The summed E-state index contributed by atoms with van der Waals surface area (Å²) in [6.07, 6.45) is 1.92. The summed E-state index contributed by atoms with van der Waals surface area (Å²) >= 11 is 0. The summed E-state index contributed by atoms with van der Waals surface area (Å²) in [5.74, 6) is -0.440. The molecule has 0 spiro atoms. The standard InChI is InChI=1S/C14H14N2O2/c1-10(14(17)18-2)9-16-6-5-12-4-3-11(8-15)7-13(12)16/h3-7,10H,9H2,1-2H3. The number of esters is 1. The van der Waals surface area contributed by atoms with E-state index in [-0.39, 0.29) is 11.9 Å². The van der Waals surface area contributed by atoms with Crippen LogP contribution in [0.4, 0.5) is 0 Å². The van der Waals surface area contributed by atoms with Crippen molar-refractivity contribution in [3.8, 4) is 6.07 Å². The normalized spacial score (nSPS) is 12.1. The second kappa shape index (κ2) is 4.92. The van der Waals surface area contributed by atoms with Crippen molar-refractivity contribution in [3.63, 3.8) is 0 Å². The Morgan fingerprint density at radius 1 is 1.50 bits per heavy atom. The molecule has 0 N–H and O–H groups in total. The van der Waals surface area contributed by atoms with E-state index in [1.165, 1.54) is 7.11 Å². The van der Waals surface area contributed by atoms with E-state index < -0.39 is 0 Å². The van der Waals surface area contributed by atoms with Gasteiger partial charge in [-0.15, -0.1) is 0 Å². The van der Waals surface area contributed by atoms with Gasteiger partial charge in [0.1, 0.15) is 0 Å². The lowest BCUT2D eigenvalue weighted by Crippen LogP contribution is -2.18. The van der Waals surface area contributed by atoms with Gasteiger partial charge in [0.2, 0.25) is 0 Å². The highest BCUT2D eigenvalue weighted by Gasteiger charge is 2.14. The van der Waals surface area contributed by atoms with Crippen LogP contribution in [0, 0.1) is 17.2 Å². The summed E-state index contributed by atoms with van der Waals surface area (Å²) in [5.41, 5.74) is 1.58. The quantitative estimate of drug-likeness (QED) is 0.776. The fourth-order valence-corrected chi connectivity index (χ4v) is 1.98. The van der Waals surface area contributed by atoms with Gasteiger partial charge in [-0.2, -0.15) is 5.26 Å². The lowest BCUT2D eigenvalue weighted by Gasteiger charge is -2.11. The Hall–Kier alpha value is -2.28. The lowest BCUT2D eigenvalue weighted by atomic mass is 10.1. The molecule has 2 aromatic rings. The molecular formula is C14H14N2O2. The predicted octanol–water partition coefficient (Wildman–Crippen LogP) is 2.32. The molecule has 92 valence electrons. The molecule has 4 heteroatoms. The van der Waals surface area contributed by atoms with Crippen molar-refractivity contribution >= 4 is 16.9 Å². The summed E-state index contributed by atoms with van der Waals surface area (Å²) in [4.78, 5) is 11.4. The zero-order chi connectivity index (χ0) is 13.1. The van der Waals surface area contributed by atoms with E-state index >= 15 is 0 Å². The third-order valence-electron chi connectivity index (χ3n) is 2.98. The first-order chi connectivity index (χ1) is 8.65. The van der Waals surface area contributed by atoms with E-state index in [0.717, 1.165) is 10.9 Å². The van der Waals surface area contributed by atoms with Gasteiger partial charge in [-0.05, 0) is 23.6 Å². The third-order valence-corrected chi connectivity index (χ3v) is 2.98. The van der Waals surface area contributed by atoms with Crippen LogP contribution in [-0.4, -0.2) is 17.6 Å². The minimum Gasteiger partial charge on any atom is -0.469 e. The van der Waals surface area contributed by atoms with Crippen LogP contribution in [-0.2, 0) is 16.1 Å². The van der Waals surface area contributed by atoms with Crippen molar-refractivity contribution in [1.82, 2.24) is 4.57 Å². The Morgan fingerprint density at radius 2 is 2.28 bits per heavy atom. The van der Waals surface area contributed by atoms with Gasteiger partial charge in [0.05, 0.1) is 24.7 Å². The summed E-state index contributed by atoms with van der Waals surface area (Å²) in [7, 11) is 1.39. The van der Waals surface area contributed by atoms with Gasteiger partial charge in [-0.3, -0.25) is 4.79 Å². The second-order valence-electron chi connectivity index (χ2n) is 4.28. The molecule has 1 unspecified atom stereocenters. The number of hydrogen-bond donors (Lipinski definition) is 0. The molecule has 0 saturated carbocycles. The van der Waals surface area contributed by atoms with E-state index in [4.69, 9.17) is 10.00 Å². The maximum absolute atomic E-state index is 11.4. The molecule has 1 heterocycles. The van der Waals surface area contributed by atoms with Gasteiger partial charge < -0.3 is 9.30 Å². The van der Waals surface area contributed by atoms with Crippen LogP contribution < -0.4 is 0 Å². The Morgan fingerprint density at radius 3 is 2.94 bits per heavy atom. The minimum absolute atomic E-state index is 0.212. The molecule has 2 rings (SSSR count). The Balaban J connectivity index is 2.34. The van der Waals surface area contributed by atoms with E-state index in [2.05, 4.69) is 6.07 Å². The second-order valence-corrected chi connectivity index (χ2v) is 4.28. The Labute approximate surface area is 105 Å². The van der Waals surface area contributed by atoms with E-state index in [9.17, 15) is 4.79 Å². The number of hydrogen-bond acceptors (Lipinski definition) is 3. The van der Waals surface area contributed by atoms with E-state index in [1.54, 1.807) is 6.07 Å². The van der Waals surface area contributed by atoms with Crippen LogP contribution >= 0.6 is 0 Å². The number of rotatable bonds is 3. The Kier molecular flexibility index (Phi) is 3.33. The number of carbonyl (C=O) groups excluding carboxylic acids is 1. The van der Waals surface area contributed by atoms with Gasteiger partial charge in [-0.1, -0.05) is 13.0 Å². The highest BCUT2D eigenvalue weighted by atomic mass is 16.5. The lowest BCUT2D eigenvalue weighted by molar-refractivity contribution is -0.145. The molecule has 18 heavy (non-hydrogen) atoms. The summed E-state index contributed by atoms with van der Waals surface area (Å²) < 4.78 is 6.68. The molecule has 1 aromatic heterocycles. The topological polar surface area (TPSA) is 55.0 Å². The number of benzene rings is 1. The predicted molar refractivity (Wildman–Crippen MR) is 67.8 cm³/mol. The molecule has 0 saturated heterocycles. The molecule has 0 aliphatic heterocycles. The third kappa shape index (κ3) is 2.21. The first kappa shape index (κ1) is 12.2. The summed E-state index contributed by atoms with van der Waals surface area (Å²) in [6.45, 7) is 2.37. The zero-order valence-electron chi connectivity index (χ0n) is 10.4. The van der Waals surface area contributed by atoms with Crippen LogP contribution in [0.1, 0.15) is 12.5 Å². The highest BCUT2D eigenvalue weighted by Crippen LogP contribution is 2.19. The van der Waals surface area contributed by atoms with Crippen molar-refractivity contribution in [2.45, 2.75) is 13.5 Å². The zero-order valence-corrected chi connectivity index (χ0v) is 10.4. The average Bonchev–Trinajstić information content (AvgIpc) is 2.80. The fraction of sp³-hybridized carbons (Fsp3) is 0.286. The van der Waals surface area contributed by atoms with Crippen LogP contribution in [0.2, 0.25) is 0 Å². The van der Waals surface area contributed by atoms with Crippen LogP contribution in [0.5, 0.6) is 0 Å². The number of carbonyl (C=O) groups is 1. The number of nitriles is 1. The van der Waals surface area contributed by atoms with Crippen molar-refractivity contribution in [3.05, 3.63) is 36.0 Å². The van der Waals surface area contributed by atoms with Gasteiger partial charge in [-0.25, -0.2) is 0 Å². The van der Waals surface area contributed by atoms with Crippen LogP contribution in [0.3, 0.4) is 0 Å². The van der Waals surface area contributed by atoms with Gasteiger partial charge in [0, 0.05) is 18.3 Å². The molecule has 0 bridgehead atoms. The number of nitrogens with zero attached hydrogens (tertiary/aromatic N) is 2. The molecule has 0 aliphatic carbocycles. The first-order valence-corrected chi connectivity index (χ1v) is 5.72. The van der Waals surface area contributed by atoms with Crippen molar-refractivity contribution in [2.75, 3.05) is 7.11 Å². The number of methoxy groups -OCH3 is 1. The van der Waals surface area contributed by atoms with Crippen LogP contribution in [0.25, 0.3) is 10.9 Å². The molecule has 1 atom stereocenters. The summed E-state index contributed by atoms with van der Waals surface area (Å²) in [5, 5.41) is 9.96. The first-order valence-electron chi connectivity index (χ1n) is 5.72. The van der Waals surface area contributed by atoms with E-state index in [0.29, 0.717) is 12.1 Å². The number of fused-ring (bicyclic) bond motifs is 1. The molecule has 0 radical (unpaired) electrons. The SMILES string of the molecule is COC(=O)C(C)Cn1ccc2ccc(C#N)cc21. The van der Waals surface area contributed by atoms with Crippen molar-refractivity contribution in [1.29, 1.82) is 5.26 Å². The molecule has 1 aromatic carbocycles. The van der Waals surface area contributed by atoms with Gasteiger partial charge in [0.25, 0.3) is 0 Å². The molecule has 4 nitrogen and oxygen atoms in total. The minimum atomic E-state index is -0.228. The largest absolute Gasteiger partial charge is 0.469 e. The van der Waals surface area contributed by atoms with Crippen molar-refractivity contribution in [2.24, 2.45) is 5.92 Å². The maximum Gasteiger partial charge on any atom is 0.310 e. The van der Waals surface area contributed by atoms with Gasteiger partial charge in [0.15, 0.2) is 0 Å². The van der Waals surface area contributed by atoms with Crippen molar-refractivity contribution < 1.29 is 9.53 Å². The monoisotopic (exact) mass is 242 g/mol. The molecule has 0 amide bonds. The average molecular weight is 242 g/mol. The maximum atomic E-state index is 11.4. The summed E-state index contributed by atoms with van der Waals surface area (Å²) in [6, 6.07) is 9.62. The molecule has 0 aliphatic rings. The van der Waals surface area contributed by atoms with E-state index in [1.807, 2.05) is 35.9 Å². The Bertz CT molecular complexity index is 622. The van der Waals surface area contributed by atoms with Gasteiger partial charge >= 0.3 is 5.97 Å². The van der Waals surface area contributed by atoms with Crippen LogP contribution in [0.15, 0.2) is 30.5 Å². The molecule has 0 fully saturated rings. The highest BCUT2D eigenvalue weighted by molar-refractivity contribution is 5.81. The molecular weight excluding hydrogens is 228 g/mol. The smallest absolute Gasteiger partial charge is 0.310 e. The fourth-order valence-electron chi connectivity index (χ4n) is 1.98.